The highest BCUT2D eigenvalue weighted by Crippen LogP contribution is 2.12. The summed E-state index contributed by atoms with van der Waals surface area (Å²) in [6.45, 7) is 6.37. The van der Waals surface area contributed by atoms with E-state index in [9.17, 15) is 14.4 Å². The Morgan fingerprint density at radius 2 is 0.800 bits per heavy atom. The Morgan fingerprint density at radius 3 is 1.32 bits per heavy atom. The summed E-state index contributed by atoms with van der Waals surface area (Å²) in [5.41, 5.74) is 0. The molecule has 6 nitrogen and oxygen atoms in total. The lowest BCUT2D eigenvalue weighted by molar-refractivity contribution is -0.167. The largest absolute Gasteiger partial charge is 0.462 e. The van der Waals surface area contributed by atoms with E-state index in [4.69, 9.17) is 14.2 Å². The Bertz CT molecular complexity index is 902. The molecule has 0 saturated carbocycles. The van der Waals surface area contributed by atoms with Crippen LogP contribution in [0.3, 0.4) is 0 Å². The first kappa shape index (κ1) is 47.4. The van der Waals surface area contributed by atoms with Crippen LogP contribution >= 0.6 is 0 Å². The van der Waals surface area contributed by atoms with Crippen molar-refractivity contribution >= 4 is 17.9 Å². The predicted molar refractivity (Wildman–Crippen MR) is 210 cm³/mol. The minimum atomic E-state index is -0.788. The van der Waals surface area contributed by atoms with E-state index in [1.165, 1.54) is 64.2 Å². The molecule has 1 atom stereocenters. The molecule has 0 aliphatic rings. The van der Waals surface area contributed by atoms with Gasteiger partial charge in [-0.2, -0.15) is 0 Å². The van der Waals surface area contributed by atoms with Crippen molar-refractivity contribution in [2.24, 2.45) is 0 Å². The maximum atomic E-state index is 12.6. The third-order valence-corrected chi connectivity index (χ3v) is 8.54. The van der Waals surface area contributed by atoms with Gasteiger partial charge in [-0.05, 0) is 89.9 Å². The molecule has 0 radical (unpaired) electrons. The number of rotatable bonds is 36. The van der Waals surface area contributed by atoms with Gasteiger partial charge >= 0.3 is 17.9 Å². The first-order chi connectivity index (χ1) is 24.5. The van der Waals surface area contributed by atoms with E-state index in [0.29, 0.717) is 19.3 Å². The van der Waals surface area contributed by atoms with Crippen molar-refractivity contribution in [1.82, 2.24) is 0 Å². The van der Waals surface area contributed by atoms with Crippen molar-refractivity contribution < 1.29 is 28.6 Å². The van der Waals surface area contributed by atoms with Gasteiger partial charge in [0.05, 0.1) is 0 Å². The smallest absolute Gasteiger partial charge is 0.306 e. The van der Waals surface area contributed by atoms with Crippen LogP contribution in [0.2, 0.25) is 0 Å². The van der Waals surface area contributed by atoms with Gasteiger partial charge in [-0.3, -0.25) is 14.4 Å². The van der Waals surface area contributed by atoms with Gasteiger partial charge in [0.15, 0.2) is 6.10 Å². The standard InChI is InChI=1S/C44H76O6/c1-4-7-10-13-16-19-21-23-25-28-31-34-37-43(46)49-40-41(39-48-42(45)36-33-30-27-24-18-15-12-9-6-3)50-44(47)38-35-32-29-26-22-20-17-14-11-8-5-2/h9,12,14,16-19,24,41H,4-8,10-11,13,15,20-23,25-40H2,1-3H3/b12-9-,17-14-,19-16-,24-18-. The number of unbranched alkanes of at least 4 members (excludes halogenated alkanes) is 17. The number of carbonyl (C=O) groups excluding carboxylic acids is 3. The summed E-state index contributed by atoms with van der Waals surface area (Å²) >= 11 is 0. The molecule has 0 amide bonds. The molecule has 1 unspecified atom stereocenters. The molecule has 0 aromatic rings. The maximum Gasteiger partial charge on any atom is 0.306 e. The molecule has 0 heterocycles. The highest BCUT2D eigenvalue weighted by atomic mass is 16.6. The Morgan fingerprint density at radius 1 is 0.420 bits per heavy atom. The average molecular weight is 701 g/mol. The molecule has 0 aliphatic heterocycles. The molecule has 0 saturated heterocycles. The van der Waals surface area contributed by atoms with Crippen LogP contribution < -0.4 is 0 Å². The molecule has 0 aromatic heterocycles. The highest BCUT2D eigenvalue weighted by molar-refractivity contribution is 5.71. The van der Waals surface area contributed by atoms with Gasteiger partial charge in [-0.1, -0.05) is 134 Å². The van der Waals surface area contributed by atoms with Crippen molar-refractivity contribution in [3.05, 3.63) is 48.6 Å². The van der Waals surface area contributed by atoms with E-state index in [-0.39, 0.29) is 31.1 Å². The summed E-state index contributed by atoms with van der Waals surface area (Å²) < 4.78 is 16.6. The third kappa shape index (κ3) is 36.6. The lowest BCUT2D eigenvalue weighted by Crippen LogP contribution is -2.30. The fourth-order valence-electron chi connectivity index (χ4n) is 5.39. The van der Waals surface area contributed by atoms with Gasteiger partial charge in [0.25, 0.3) is 0 Å². The summed E-state index contributed by atoms with van der Waals surface area (Å²) in [5.74, 6) is -0.956. The van der Waals surface area contributed by atoms with Crippen molar-refractivity contribution in [2.75, 3.05) is 13.2 Å². The van der Waals surface area contributed by atoms with Crippen molar-refractivity contribution in [3.8, 4) is 0 Å². The Kier molecular flexibility index (Phi) is 37.1. The molecule has 6 heteroatoms. The van der Waals surface area contributed by atoms with Crippen LogP contribution in [0.4, 0.5) is 0 Å². The van der Waals surface area contributed by atoms with Gasteiger partial charge in [-0.25, -0.2) is 0 Å². The summed E-state index contributed by atoms with van der Waals surface area (Å²) in [4.78, 5) is 37.5. The van der Waals surface area contributed by atoms with Gasteiger partial charge < -0.3 is 14.2 Å². The lowest BCUT2D eigenvalue weighted by atomic mass is 10.1. The summed E-state index contributed by atoms with van der Waals surface area (Å²) in [6, 6.07) is 0. The van der Waals surface area contributed by atoms with Gasteiger partial charge in [-0.15, -0.1) is 0 Å². The van der Waals surface area contributed by atoms with E-state index in [2.05, 4.69) is 69.4 Å². The number of esters is 3. The van der Waals surface area contributed by atoms with E-state index in [1.54, 1.807) is 0 Å². The average Bonchev–Trinajstić information content (AvgIpc) is 3.11. The number of ether oxygens (including phenoxy) is 3. The van der Waals surface area contributed by atoms with E-state index in [1.807, 2.05) is 0 Å². The Labute approximate surface area is 307 Å². The zero-order valence-corrected chi connectivity index (χ0v) is 32.7. The first-order valence-corrected chi connectivity index (χ1v) is 20.6. The summed E-state index contributed by atoms with van der Waals surface area (Å²) in [7, 11) is 0. The Balaban J connectivity index is 4.43. The van der Waals surface area contributed by atoms with Crippen LogP contribution in [0.5, 0.6) is 0 Å². The second kappa shape index (κ2) is 39.2. The summed E-state index contributed by atoms with van der Waals surface area (Å²) in [6.07, 6.45) is 43.9. The number of hydrogen-bond donors (Lipinski definition) is 0. The van der Waals surface area contributed by atoms with Crippen molar-refractivity contribution in [3.63, 3.8) is 0 Å². The molecule has 0 N–H and O–H groups in total. The first-order valence-electron chi connectivity index (χ1n) is 20.6. The zero-order valence-electron chi connectivity index (χ0n) is 32.7. The zero-order chi connectivity index (χ0) is 36.6. The summed E-state index contributed by atoms with van der Waals surface area (Å²) in [5, 5.41) is 0. The second-order valence-electron chi connectivity index (χ2n) is 13.5. The topological polar surface area (TPSA) is 78.9 Å². The number of allylic oxidation sites excluding steroid dienone is 8. The second-order valence-corrected chi connectivity index (χ2v) is 13.5. The van der Waals surface area contributed by atoms with E-state index >= 15 is 0 Å². The molecular weight excluding hydrogens is 624 g/mol. The van der Waals surface area contributed by atoms with Crippen molar-refractivity contribution in [1.29, 1.82) is 0 Å². The highest BCUT2D eigenvalue weighted by Gasteiger charge is 2.19. The fourth-order valence-corrected chi connectivity index (χ4v) is 5.39. The van der Waals surface area contributed by atoms with E-state index in [0.717, 1.165) is 89.9 Å². The van der Waals surface area contributed by atoms with Gasteiger partial charge in [0, 0.05) is 19.3 Å². The molecule has 0 spiro atoms. The SMILES string of the molecule is CC/C=C\C/C=C\CCCCC(=O)OCC(COC(=O)CCCCCCC/C=C\CCCCC)OC(=O)CCCCCCC/C=C\CCCC. The molecule has 288 valence electrons. The monoisotopic (exact) mass is 701 g/mol. The quantitative estimate of drug-likeness (QED) is 0.0280. The van der Waals surface area contributed by atoms with Crippen LogP contribution in [0, 0.1) is 0 Å². The minimum Gasteiger partial charge on any atom is -0.462 e. The lowest BCUT2D eigenvalue weighted by Gasteiger charge is -2.18. The van der Waals surface area contributed by atoms with Crippen LogP contribution in [-0.4, -0.2) is 37.2 Å². The minimum absolute atomic E-state index is 0.0918. The molecule has 0 rings (SSSR count). The van der Waals surface area contributed by atoms with Crippen LogP contribution in [0.1, 0.15) is 194 Å². The van der Waals surface area contributed by atoms with Crippen LogP contribution in [0.25, 0.3) is 0 Å². The van der Waals surface area contributed by atoms with Crippen LogP contribution in [-0.2, 0) is 28.6 Å². The molecule has 0 aromatic carbocycles. The van der Waals surface area contributed by atoms with Crippen LogP contribution in [0.15, 0.2) is 48.6 Å². The van der Waals surface area contributed by atoms with E-state index < -0.39 is 6.10 Å². The maximum absolute atomic E-state index is 12.6. The molecule has 0 aliphatic carbocycles. The molecule has 0 fully saturated rings. The van der Waals surface area contributed by atoms with Gasteiger partial charge in [0.1, 0.15) is 13.2 Å². The molecule has 0 bridgehead atoms. The Hall–Kier alpha value is -2.63. The fraction of sp³-hybridized carbons (Fsp3) is 0.750. The molecule has 50 heavy (non-hydrogen) atoms. The normalized spacial score (nSPS) is 12.5. The van der Waals surface area contributed by atoms with Crippen molar-refractivity contribution in [2.45, 2.75) is 200 Å². The predicted octanol–water partition coefficient (Wildman–Crippen LogP) is 12.8. The third-order valence-electron chi connectivity index (χ3n) is 8.54. The molecular formula is C44H76O6. The number of hydrogen-bond acceptors (Lipinski definition) is 6. The number of carbonyl (C=O) groups is 3. The van der Waals surface area contributed by atoms with Gasteiger partial charge in [0.2, 0.25) is 0 Å².